The molecule has 1 aromatic carbocycles. The molecule has 0 unspecified atom stereocenters. The summed E-state index contributed by atoms with van der Waals surface area (Å²) in [6.07, 6.45) is 4.98. The molecule has 0 bridgehead atoms. The van der Waals surface area contributed by atoms with Crippen molar-refractivity contribution >= 4 is 11.3 Å². The number of rotatable bonds is 3. The number of aromatic nitrogens is 3. The molecule has 4 rings (SSSR count). The topological polar surface area (TPSA) is 36.7 Å². The molecule has 124 valence electrons. The largest absolute Gasteiger partial charge is 0.353 e. The van der Waals surface area contributed by atoms with Gasteiger partial charge in [0.15, 0.2) is 5.82 Å². The summed E-state index contributed by atoms with van der Waals surface area (Å²) in [4.78, 5) is 14.1. The summed E-state index contributed by atoms with van der Waals surface area (Å²) >= 11 is 0. The van der Waals surface area contributed by atoms with Gasteiger partial charge in [-0.15, -0.1) is 0 Å². The maximum absolute atomic E-state index is 5.07. The number of anilines is 1. The molecule has 1 aliphatic heterocycles. The fourth-order valence-electron chi connectivity index (χ4n) is 3.54. The number of hydrogen-bond acceptors (Lipinski definition) is 4. The second-order valence-corrected chi connectivity index (χ2v) is 6.74. The lowest BCUT2D eigenvalue weighted by Crippen LogP contribution is -2.32. The Bertz CT molecular complexity index is 853. The minimum atomic E-state index is 0.580. The van der Waals surface area contributed by atoms with E-state index in [2.05, 4.69) is 64.5 Å². The van der Waals surface area contributed by atoms with Crippen molar-refractivity contribution in [3.05, 3.63) is 48.5 Å². The molecule has 0 radical (unpaired) electrons. The van der Waals surface area contributed by atoms with E-state index >= 15 is 0 Å². The van der Waals surface area contributed by atoms with Crippen LogP contribution in [0.1, 0.15) is 12.1 Å². The monoisotopic (exact) mass is 321 g/mol. The molecule has 5 nitrogen and oxygen atoms in total. The molecule has 0 spiro atoms. The van der Waals surface area contributed by atoms with E-state index in [4.69, 9.17) is 4.98 Å². The third kappa shape index (κ3) is 2.45. The predicted octanol–water partition coefficient (Wildman–Crippen LogP) is 2.85. The van der Waals surface area contributed by atoms with Gasteiger partial charge in [0.05, 0.1) is 18.2 Å². The van der Waals surface area contributed by atoms with E-state index in [0.29, 0.717) is 6.04 Å². The summed E-state index contributed by atoms with van der Waals surface area (Å²) in [5.41, 5.74) is 4.40. The van der Waals surface area contributed by atoms with Crippen molar-refractivity contribution in [1.29, 1.82) is 0 Å². The second-order valence-electron chi connectivity index (χ2n) is 6.74. The van der Waals surface area contributed by atoms with E-state index < -0.39 is 0 Å². The van der Waals surface area contributed by atoms with Crippen molar-refractivity contribution in [2.24, 2.45) is 0 Å². The molecular weight excluding hydrogens is 298 g/mol. The first-order valence-corrected chi connectivity index (χ1v) is 8.44. The smallest absolute Gasteiger partial charge is 0.155 e. The minimum absolute atomic E-state index is 0.580. The van der Waals surface area contributed by atoms with E-state index in [9.17, 15) is 0 Å². The third-order valence-electron chi connectivity index (χ3n) is 5.03. The highest BCUT2D eigenvalue weighted by atomic mass is 15.3. The van der Waals surface area contributed by atoms with Crippen LogP contribution in [-0.2, 0) is 0 Å². The molecule has 3 heterocycles. The molecule has 0 N–H and O–H groups in total. The third-order valence-corrected chi connectivity index (χ3v) is 5.03. The molecule has 5 heteroatoms. The number of likely N-dealkylation sites (N-methyl/N-ethyl adjacent to an activating group) is 1. The van der Waals surface area contributed by atoms with Crippen LogP contribution in [0.3, 0.4) is 0 Å². The number of imidazole rings is 1. The molecule has 1 saturated heterocycles. The Morgan fingerprint density at radius 2 is 1.96 bits per heavy atom. The molecule has 0 aliphatic carbocycles. The van der Waals surface area contributed by atoms with Gasteiger partial charge in [0.1, 0.15) is 5.52 Å². The Morgan fingerprint density at radius 3 is 2.67 bits per heavy atom. The van der Waals surface area contributed by atoms with Crippen LogP contribution < -0.4 is 4.90 Å². The van der Waals surface area contributed by atoms with Gasteiger partial charge in [0, 0.05) is 30.4 Å². The SMILES string of the molecule is Cc1c(-c2ccccc2)nc(N2CC[C@H](N(C)C)C2)c2cncn12. The van der Waals surface area contributed by atoms with Gasteiger partial charge in [-0.2, -0.15) is 0 Å². The molecule has 1 atom stereocenters. The van der Waals surface area contributed by atoms with Crippen LogP contribution in [0.25, 0.3) is 16.8 Å². The van der Waals surface area contributed by atoms with Gasteiger partial charge in [0.25, 0.3) is 0 Å². The van der Waals surface area contributed by atoms with Crippen molar-refractivity contribution in [2.45, 2.75) is 19.4 Å². The Hall–Kier alpha value is -2.40. The van der Waals surface area contributed by atoms with E-state index in [1.807, 2.05) is 18.6 Å². The van der Waals surface area contributed by atoms with E-state index in [1.54, 1.807) is 0 Å². The second kappa shape index (κ2) is 5.91. The van der Waals surface area contributed by atoms with Crippen molar-refractivity contribution < 1.29 is 0 Å². The van der Waals surface area contributed by atoms with Gasteiger partial charge in [-0.05, 0) is 27.4 Å². The van der Waals surface area contributed by atoms with Gasteiger partial charge in [-0.1, -0.05) is 30.3 Å². The highest BCUT2D eigenvalue weighted by molar-refractivity contribution is 5.75. The lowest BCUT2D eigenvalue weighted by molar-refractivity contribution is 0.315. The van der Waals surface area contributed by atoms with Crippen molar-refractivity contribution in [3.63, 3.8) is 0 Å². The standard InChI is InChI=1S/C19H23N5/c1-14-18(15-7-5-4-6-8-15)21-19(17-11-20-13-24(14)17)23-10-9-16(12-23)22(2)3/h4-8,11,13,16H,9-10,12H2,1-3H3/t16-/m0/s1. The van der Waals surface area contributed by atoms with E-state index in [-0.39, 0.29) is 0 Å². The molecule has 0 amide bonds. The molecule has 24 heavy (non-hydrogen) atoms. The fourth-order valence-corrected chi connectivity index (χ4v) is 3.54. The Balaban J connectivity index is 1.84. The minimum Gasteiger partial charge on any atom is -0.353 e. The zero-order valence-corrected chi connectivity index (χ0v) is 14.5. The summed E-state index contributed by atoms with van der Waals surface area (Å²) in [7, 11) is 4.31. The first kappa shape index (κ1) is 15.1. The fraction of sp³-hybridized carbons (Fsp3) is 0.368. The van der Waals surface area contributed by atoms with E-state index in [0.717, 1.165) is 41.4 Å². The maximum Gasteiger partial charge on any atom is 0.155 e. The summed E-state index contributed by atoms with van der Waals surface area (Å²) in [6, 6.07) is 11.0. The highest BCUT2D eigenvalue weighted by Crippen LogP contribution is 2.30. The van der Waals surface area contributed by atoms with Gasteiger partial charge in [-0.3, -0.25) is 4.40 Å². The molecule has 1 fully saturated rings. The number of fused-ring (bicyclic) bond motifs is 1. The van der Waals surface area contributed by atoms with E-state index in [1.165, 1.54) is 6.42 Å². The van der Waals surface area contributed by atoms with Crippen LogP contribution in [0, 0.1) is 6.92 Å². The molecular formula is C19H23N5. The molecule has 3 aromatic rings. The number of benzene rings is 1. The maximum atomic E-state index is 5.07. The number of hydrogen-bond donors (Lipinski definition) is 0. The van der Waals surface area contributed by atoms with Crippen LogP contribution in [0.4, 0.5) is 5.82 Å². The van der Waals surface area contributed by atoms with Crippen molar-refractivity contribution in [3.8, 4) is 11.3 Å². The quantitative estimate of drug-likeness (QED) is 0.743. The Morgan fingerprint density at radius 1 is 1.17 bits per heavy atom. The highest BCUT2D eigenvalue weighted by Gasteiger charge is 2.27. The lowest BCUT2D eigenvalue weighted by Gasteiger charge is -2.23. The van der Waals surface area contributed by atoms with Crippen molar-refractivity contribution in [2.75, 3.05) is 32.1 Å². The summed E-state index contributed by atoms with van der Waals surface area (Å²) in [5, 5.41) is 0. The van der Waals surface area contributed by atoms with Gasteiger partial charge in [0.2, 0.25) is 0 Å². The van der Waals surface area contributed by atoms with Gasteiger partial charge in [-0.25, -0.2) is 9.97 Å². The van der Waals surface area contributed by atoms with Crippen LogP contribution in [0.2, 0.25) is 0 Å². The average Bonchev–Trinajstić information content (AvgIpc) is 3.26. The average molecular weight is 321 g/mol. The van der Waals surface area contributed by atoms with Crippen molar-refractivity contribution in [1.82, 2.24) is 19.3 Å². The Labute approximate surface area is 142 Å². The van der Waals surface area contributed by atoms with Crippen LogP contribution in [0.15, 0.2) is 42.9 Å². The van der Waals surface area contributed by atoms with Crippen LogP contribution in [-0.4, -0.2) is 52.5 Å². The zero-order chi connectivity index (χ0) is 16.7. The molecule has 0 saturated carbocycles. The first-order valence-electron chi connectivity index (χ1n) is 8.44. The predicted molar refractivity (Wildman–Crippen MR) is 97.5 cm³/mol. The first-order chi connectivity index (χ1) is 11.6. The van der Waals surface area contributed by atoms with Crippen LogP contribution >= 0.6 is 0 Å². The normalized spacial score (nSPS) is 18.0. The summed E-state index contributed by atoms with van der Waals surface area (Å²) < 4.78 is 2.16. The zero-order valence-electron chi connectivity index (χ0n) is 14.5. The van der Waals surface area contributed by atoms with Crippen LogP contribution in [0.5, 0.6) is 0 Å². The number of aryl methyl sites for hydroxylation is 1. The lowest BCUT2D eigenvalue weighted by atomic mass is 10.1. The van der Waals surface area contributed by atoms with Gasteiger partial charge >= 0.3 is 0 Å². The van der Waals surface area contributed by atoms with Gasteiger partial charge < -0.3 is 9.80 Å². The summed E-state index contributed by atoms with van der Waals surface area (Å²) in [6.45, 7) is 4.16. The Kier molecular flexibility index (Phi) is 3.73. The summed E-state index contributed by atoms with van der Waals surface area (Å²) in [5.74, 6) is 1.04. The molecule has 1 aliphatic rings. The molecule has 2 aromatic heterocycles. The number of nitrogens with zero attached hydrogens (tertiary/aromatic N) is 5.